The zero-order chi connectivity index (χ0) is 15.5. The van der Waals surface area contributed by atoms with Crippen LogP contribution in [0.4, 0.5) is 0 Å². The summed E-state index contributed by atoms with van der Waals surface area (Å²) in [7, 11) is 0. The number of carbonyl (C=O) groups excluding carboxylic acids is 1. The Bertz CT molecular complexity index is 500. The molecular formula is C16H20BrNO3. The number of ether oxygens (including phenoxy) is 2. The number of hydrogen-bond donors (Lipinski definition) is 1. The molecule has 0 saturated heterocycles. The van der Waals surface area contributed by atoms with Gasteiger partial charge in [0.1, 0.15) is 12.4 Å². The minimum atomic E-state index is -0.171. The molecular weight excluding hydrogens is 334 g/mol. The molecule has 21 heavy (non-hydrogen) atoms. The van der Waals surface area contributed by atoms with Gasteiger partial charge in [0.15, 0.2) is 0 Å². The van der Waals surface area contributed by atoms with Crippen molar-refractivity contribution < 1.29 is 14.3 Å². The number of hydrogen-bond acceptors (Lipinski definition) is 3. The number of benzene rings is 1. The molecule has 1 N–H and O–H groups in total. The van der Waals surface area contributed by atoms with E-state index in [-0.39, 0.29) is 5.91 Å². The van der Waals surface area contributed by atoms with Crippen LogP contribution < -0.4 is 10.1 Å². The molecule has 0 heterocycles. The van der Waals surface area contributed by atoms with E-state index < -0.39 is 0 Å². The van der Waals surface area contributed by atoms with Crippen LogP contribution in [0.5, 0.6) is 5.75 Å². The lowest BCUT2D eigenvalue weighted by atomic mass is 10.2. The summed E-state index contributed by atoms with van der Waals surface area (Å²) in [5.41, 5.74) is 0.828. The summed E-state index contributed by atoms with van der Waals surface area (Å²) >= 11 is 3.41. The van der Waals surface area contributed by atoms with Crippen LogP contribution in [0.2, 0.25) is 0 Å². The summed E-state index contributed by atoms with van der Waals surface area (Å²) in [6, 6.07) is 5.65. The monoisotopic (exact) mass is 353 g/mol. The SMILES string of the molecule is C=CCNC(=O)/C=C/c1cc(Br)ccc1OCCOCC. The Morgan fingerprint density at radius 3 is 2.95 bits per heavy atom. The fourth-order valence-electron chi connectivity index (χ4n) is 1.53. The fourth-order valence-corrected chi connectivity index (χ4v) is 1.91. The molecule has 0 aliphatic heterocycles. The van der Waals surface area contributed by atoms with Gasteiger partial charge in [-0.05, 0) is 31.2 Å². The van der Waals surface area contributed by atoms with E-state index in [0.29, 0.717) is 32.1 Å². The zero-order valence-corrected chi connectivity index (χ0v) is 13.7. The van der Waals surface area contributed by atoms with Crippen molar-refractivity contribution in [2.75, 3.05) is 26.4 Å². The lowest BCUT2D eigenvalue weighted by Gasteiger charge is -2.09. The Balaban J connectivity index is 2.69. The number of rotatable bonds is 9. The molecule has 5 heteroatoms. The van der Waals surface area contributed by atoms with Crippen LogP contribution in [-0.2, 0) is 9.53 Å². The van der Waals surface area contributed by atoms with Crippen LogP contribution in [0, 0.1) is 0 Å². The van der Waals surface area contributed by atoms with Crippen LogP contribution in [0.15, 0.2) is 41.4 Å². The summed E-state index contributed by atoms with van der Waals surface area (Å²) in [6.07, 6.45) is 4.83. The van der Waals surface area contributed by atoms with Crippen LogP contribution >= 0.6 is 15.9 Å². The van der Waals surface area contributed by atoms with Crippen molar-refractivity contribution in [1.29, 1.82) is 0 Å². The largest absolute Gasteiger partial charge is 0.491 e. The molecule has 0 aliphatic carbocycles. The fraction of sp³-hybridized carbons (Fsp3) is 0.312. The Kier molecular flexibility index (Phi) is 8.47. The van der Waals surface area contributed by atoms with Gasteiger partial charge in [-0.3, -0.25) is 4.79 Å². The molecule has 0 saturated carbocycles. The molecule has 0 unspecified atom stereocenters. The maximum atomic E-state index is 11.6. The first-order valence-corrected chi connectivity index (χ1v) is 7.53. The topological polar surface area (TPSA) is 47.6 Å². The molecule has 0 atom stereocenters. The predicted molar refractivity (Wildman–Crippen MR) is 88.4 cm³/mol. The van der Waals surface area contributed by atoms with E-state index in [1.165, 1.54) is 6.08 Å². The average Bonchev–Trinajstić information content (AvgIpc) is 2.49. The highest BCUT2D eigenvalue weighted by molar-refractivity contribution is 9.10. The Hall–Kier alpha value is -1.59. The lowest BCUT2D eigenvalue weighted by molar-refractivity contribution is -0.116. The van der Waals surface area contributed by atoms with Crippen molar-refractivity contribution in [2.45, 2.75) is 6.92 Å². The number of carbonyl (C=O) groups is 1. The number of nitrogens with one attached hydrogen (secondary N) is 1. The maximum absolute atomic E-state index is 11.6. The van der Waals surface area contributed by atoms with Crippen molar-refractivity contribution >= 4 is 27.9 Å². The van der Waals surface area contributed by atoms with Gasteiger partial charge < -0.3 is 14.8 Å². The summed E-state index contributed by atoms with van der Waals surface area (Å²) in [6.45, 7) is 7.61. The van der Waals surface area contributed by atoms with E-state index >= 15 is 0 Å². The van der Waals surface area contributed by atoms with E-state index in [1.54, 1.807) is 12.2 Å². The molecule has 1 aromatic carbocycles. The third-order valence-electron chi connectivity index (χ3n) is 2.50. The van der Waals surface area contributed by atoms with Gasteiger partial charge >= 0.3 is 0 Å². The van der Waals surface area contributed by atoms with Gasteiger partial charge in [-0.25, -0.2) is 0 Å². The van der Waals surface area contributed by atoms with Gasteiger partial charge in [-0.15, -0.1) is 6.58 Å². The van der Waals surface area contributed by atoms with Gasteiger partial charge in [0.05, 0.1) is 6.61 Å². The van der Waals surface area contributed by atoms with Gasteiger partial charge in [0, 0.05) is 29.3 Å². The third kappa shape index (κ3) is 7.11. The van der Waals surface area contributed by atoms with Crippen molar-refractivity contribution in [3.8, 4) is 5.75 Å². The average molecular weight is 354 g/mol. The second kappa shape index (κ2) is 10.2. The highest BCUT2D eigenvalue weighted by Crippen LogP contribution is 2.24. The van der Waals surface area contributed by atoms with E-state index in [1.807, 2.05) is 25.1 Å². The van der Waals surface area contributed by atoms with Crippen molar-refractivity contribution in [1.82, 2.24) is 5.32 Å². The van der Waals surface area contributed by atoms with Crippen molar-refractivity contribution in [3.63, 3.8) is 0 Å². The smallest absolute Gasteiger partial charge is 0.244 e. The lowest BCUT2D eigenvalue weighted by Crippen LogP contribution is -2.20. The van der Waals surface area contributed by atoms with Crippen LogP contribution in [-0.4, -0.2) is 32.3 Å². The van der Waals surface area contributed by atoms with E-state index in [2.05, 4.69) is 27.8 Å². The minimum Gasteiger partial charge on any atom is -0.491 e. The first kappa shape index (κ1) is 17.5. The normalized spacial score (nSPS) is 10.6. The molecule has 1 rings (SSSR count). The Morgan fingerprint density at radius 1 is 1.43 bits per heavy atom. The number of amides is 1. The van der Waals surface area contributed by atoms with Crippen LogP contribution in [0.25, 0.3) is 6.08 Å². The highest BCUT2D eigenvalue weighted by atomic mass is 79.9. The van der Waals surface area contributed by atoms with Crippen LogP contribution in [0.3, 0.4) is 0 Å². The molecule has 0 aromatic heterocycles. The predicted octanol–water partition coefficient (Wildman–Crippen LogP) is 3.18. The second-order valence-corrected chi connectivity index (χ2v) is 5.01. The van der Waals surface area contributed by atoms with E-state index in [4.69, 9.17) is 9.47 Å². The van der Waals surface area contributed by atoms with Crippen LogP contribution in [0.1, 0.15) is 12.5 Å². The Morgan fingerprint density at radius 2 is 2.24 bits per heavy atom. The number of halogens is 1. The van der Waals surface area contributed by atoms with Gasteiger partial charge in [0.2, 0.25) is 5.91 Å². The first-order valence-electron chi connectivity index (χ1n) is 6.74. The molecule has 0 aliphatic rings. The highest BCUT2D eigenvalue weighted by Gasteiger charge is 2.03. The molecule has 0 spiro atoms. The minimum absolute atomic E-state index is 0.171. The molecule has 114 valence electrons. The molecule has 1 amide bonds. The standard InChI is InChI=1S/C16H20BrNO3/c1-3-9-18-16(19)8-5-13-12-14(17)6-7-15(13)21-11-10-20-4-2/h3,5-8,12H,1,4,9-11H2,2H3,(H,18,19)/b8-5+. The zero-order valence-electron chi connectivity index (χ0n) is 12.1. The maximum Gasteiger partial charge on any atom is 0.244 e. The van der Waals surface area contributed by atoms with Crippen molar-refractivity contribution in [2.24, 2.45) is 0 Å². The molecule has 1 aromatic rings. The van der Waals surface area contributed by atoms with Gasteiger partial charge in [-0.2, -0.15) is 0 Å². The van der Waals surface area contributed by atoms with Crippen molar-refractivity contribution in [3.05, 3.63) is 47.0 Å². The second-order valence-electron chi connectivity index (χ2n) is 4.09. The quantitative estimate of drug-likeness (QED) is 0.421. The summed E-state index contributed by atoms with van der Waals surface area (Å²) in [4.78, 5) is 11.6. The summed E-state index contributed by atoms with van der Waals surface area (Å²) < 4.78 is 11.8. The molecule has 0 bridgehead atoms. The van der Waals surface area contributed by atoms with Gasteiger partial charge in [0.25, 0.3) is 0 Å². The molecule has 0 fully saturated rings. The van der Waals surface area contributed by atoms with E-state index in [9.17, 15) is 4.79 Å². The summed E-state index contributed by atoms with van der Waals surface area (Å²) in [5.74, 6) is 0.542. The third-order valence-corrected chi connectivity index (χ3v) is 2.99. The van der Waals surface area contributed by atoms with E-state index in [0.717, 1.165) is 10.0 Å². The van der Waals surface area contributed by atoms with Gasteiger partial charge in [-0.1, -0.05) is 22.0 Å². The summed E-state index contributed by atoms with van der Waals surface area (Å²) in [5, 5.41) is 2.68. The molecule has 4 nitrogen and oxygen atoms in total. The molecule has 0 radical (unpaired) electrons. The first-order chi connectivity index (χ1) is 10.2. The Labute approximate surface area is 134 Å².